The van der Waals surface area contributed by atoms with Gasteiger partial charge in [0.15, 0.2) is 0 Å². The normalized spacial score (nSPS) is 19.7. The van der Waals surface area contributed by atoms with Crippen molar-refractivity contribution in [3.05, 3.63) is 0 Å². The molecule has 0 atom stereocenters. The topological polar surface area (TPSA) is 76.4 Å². The lowest BCUT2D eigenvalue weighted by molar-refractivity contribution is -0.121. The second-order valence-electron chi connectivity index (χ2n) is 3.77. The van der Waals surface area contributed by atoms with Gasteiger partial charge in [-0.2, -0.15) is 35.9 Å². The van der Waals surface area contributed by atoms with Gasteiger partial charge in [0.2, 0.25) is 0 Å². The molecule has 0 radical (unpaired) electrons. The van der Waals surface area contributed by atoms with Crippen LogP contribution < -0.4 is 4.72 Å². The molecule has 0 spiro atoms. The van der Waals surface area contributed by atoms with Crippen LogP contribution in [0.25, 0.3) is 0 Å². The molecule has 1 saturated heterocycles. The molecule has 6 nitrogen and oxygen atoms in total. The summed E-state index contributed by atoms with van der Waals surface area (Å²) in [6, 6.07) is 1.93. The van der Waals surface area contributed by atoms with Crippen molar-refractivity contribution in [2.75, 3.05) is 39.3 Å². The number of halogens is 3. The lowest BCUT2D eigenvalue weighted by Gasteiger charge is -2.32. The van der Waals surface area contributed by atoms with Crippen LogP contribution in [0.4, 0.5) is 13.2 Å². The molecule has 0 saturated carbocycles. The summed E-state index contributed by atoms with van der Waals surface area (Å²) in [5.41, 5.74) is 0. The van der Waals surface area contributed by atoms with Crippen LogP contribution in [0.5, 0.6) is 0 Å². The zero-order chi connectivity index (χ0) is 13.8. The maximum absolute atomic E-state index is 11.9. The van der Waals surface area contributed by atoms with E-state index in [1.165, 1.54) is 4.72 Å². The molecule has 0 aliphatic carbocycles. The Morgan fingerprint density at radius 3 is 2.22 bits per heavy atom. The van der Waals surface area contributed by atoms with Crippen molar-refractivity contribution in [1.29, 1.82) is 5.26 Å². The molecule has 10 heteroatoms. The van der Waals surface area contributed by atoms with Crippen LogP contribution in [0.15, 0.2) is 0 Å². The number of hydrogen-bond donors (Lipinski definition) is 1. The molecular formula is C8H13F3N4O2S. The fourth-order valence-corrected chi connectivity index (χ4v) is 2.66. The minimum atomic E-state index is -4.57. The van der Waals surface area contributed by atoms with Crippen molar-refractivity contribution in [1.82, 2.24) is 13.9 Å². The van der Waals surface area contributed by atoms with Crippen LogP contribution in [0.2, 0.25) is 0 Å². The molecule has 0 aromatic rings. The van der Waals surface area contributed by atoms with Gasteiger partial charge >= 0.3 is 6.18 Å². The molecule has 0 unspecified atom stereocenters. The fraction of sp³-hybridized carbons (Fsp3) is 0.875. The minimum Gasteiger partial charge on any atom is -0.288 e. The van der Waals surface area contributed by atoms with Crippen LogP contribution in [0.3, 0.4) is 0 Å². The minimum absolute atomic E-state index is 0.0782. The van der Waals surface area contributed by atoms with Gasteiger partial charge in [-0.15, -0.1) is 0 Å². The highest BCUT2D eigenvalue weighted by molar-refractivity contribution is 7.87. The van der Waals surface area contributed by atoms with E-state index in [-0.39, 0.29) is 19.6 Å². The summed E-state index contributed by atoms with van der Waals surface area (Å²) in [4.78, 5) is 1.73. The largest absolute Gasteiger partial charge is 0.402 e. The molecule has 0 aromatic carbocycles. The quantitative estimate of drug-likeness (QED) is 0.709. The molecule has 0 amide bonds. The molecule has 1 aliphatic rings. The second kappa shape index (κ2) is 5.83. The van der Waals surface area contributed by atoms with E-state index in [1.807, 2.05) is 6.07 Å². The number of nitriles is 1. The molecule has 1 rings (SSSR count). The lowest BCUT2D eigenvalue weighted by Crippen LogP contribution is -2.53. The summed E-state index contributed by atoms with van der Waals surface area (Å²) in [6.45, 7) is -0.567. The van der Waals surface area contributed by atoms with E-state index < -0.39 is 22.9 Å². The van der Waals surface area contributed by atoms with Crippen molar-refractivity contribution < 1.29 is 21.6 Å². The smallest absolute Gasteiger partial charge is 0.288 e. The van der Waals surface area contributed by atoms with E-state index in [2.05, 4.69) is 0 Å². The maximum atomic E-state index is 11.9. The Hall–Kier alpha value is -0.890. The van der Waals surface area contributed by atoms with Gasteiger partial charge in [-0.1, -0.05) is 0 Å². The van der Waals surface area contributed by atoms with Crippen molar-refractivity contribution >= 4 is 10.2 Å². The predicted octanol–water partition coefficient (Wildman–Crippen LogP) is -0.476. The molecule has 1 fully saturated rings. The monoisotopic (exact) mass is 286 g/mol. The second-order valence-corrected chi connectivity index (χ2v) is 5.53. The first-order valence-electron chi connectivity index (χ1n) is 5.15. The summed E-state index contributed by atoms with van der Waals surface area (Å²) in [5, 5.41) is 8.46. The summed E-state index contributed by atoms with van der Waals surface area (Å²) in [5.74, 6) is 0. The molecular weight excluding hydrogens is 273 g/mol. The molecule has 1 aliphatic heterocycles. The van der Waals surface area contributed by atoms with Crippen molar-refractivity contribution in [3.8, 4) is 6.07 Å². The fourth-order valence-electron chi connectivity index (χ4n) is 1.49. The van der Waals surface area contributed by atoms with Gasteiger partial charge in [0.05, 0.1) is 12.6 Å². The van der Waals surface area contributed by atoms with Crippen LogP contribution in [0, 0.1) is 11.3 Å². The van der Waals surface area contributed by atoms with E-state index in [4.69, 9.17) is 5.26 Å². The van der Waals surface area contributed by atoms with E-state index >= 15 is 0 Å². The predicted molar refractivity (Wildman–Crippen MR) is 56.6 cm³/mol. The Kier molecular flexibility index (Phi) is 4.92. The van der Waals surface area contributed by atoms with Gasteiger partial charge in [0.25, 0.3) is 10.2 Å². The first-order chi connectivity index (χ1) is 8.24. The third-order valence-corrected chi connectivity index (χ3v) is 3.97. The highest BCUT2D eigenvalue weighted by atomic mass is 32.2. The molecule has 1 heterocycles. The average Bonchev–Trinajstić information content (AvgIpc) is 2.27. The van der Waals surface area contributed by atoms with E-state index in [9.17, 15) is 21.6 Å². The van der Waals surface area contributed by atoms with Gasteiger partial charge in [0.1, 0.15) is 6.54 Å². The Morgan fingerprint density at radius 1 is 1.22 bits per heavy atom. The number of nitrogens with zero attached hydrogens (tertiary/aromatic N) is 3. The zero-order valence-electron chi connectivity index (χ0n) is 9.44. The Labute approximate surface area is 103 Å². The number of piperazine rings is 1. The Bertz CT molecular complexity index is 409. The summed E-state index contributed by atoms with van der Waals surface area (Å²) in [7, 11) is -4.10. The van der Waals surface area contributed by atoms with Crippen LogP contribution in [0.1, 0.15) is 0 Å². The number of rotatable bonds is 4. The third-order valence-electron chi connectivity index (χ3n) is 2.42. The summed E-state index contributed by atoms with van der Waals surface area (Å²) >= 11 is 0. The first-order valence-corrected chi connectivity index (χ1v) is 6.59. The summed E-state index contributed by atoms with van der Waals surface area (Å²) in [6.07, 6.45) is -4.57. The van der Waals surface area contributed by atoms with Gasteiger partial charge in [-0.05, 0) is 0 Å². The number of nitrogens with one attached hydrogen (secondary N) is 1. The van der Waals surface area contributed by atoms with Crippen LogP contribution in [-0.2, 0) is 10.2 Å². The maximum Gasteiger partial charge on any atom is 0.402 e. The van der Waals surface area contributed by atoms with Gasteiger partial charge in [-0.25, -0.2) is 0 Å². The van der Waals surface area contributed by atoms with Gasteiger partial charge < -0.3 is 0 Å². The Balaban J connectivity index is 2.48. The molecule has 18 heavy (non-hydrogen) atoms. The number of alkyl halides is 3. The van der Waals surface area contributed by atoms with E-state index in [0.29, 0.717) is 13.1 Å². The van der Waals surface area contributed by atoms with Crippen LogP contribution >= 0.6 is 0 Å². The number of hydrogen-bond acceptors (Lipinski definition) is 4. The van der Waals surface area contributed by atoms with Crippen molar-refractivity contribution in [2.24, 2.45) is 0 Å². The Morgan fingerprint density at radius 2 is 1.78 bits per heavy atom. The highest BCUT2D eigenvalue weighted by Crippen LogP contribution is 2.14. The van der Waals surface area contributed by atoms with E-state index in [0.717, 1.165) is 4.31 Å². The zero-order valence-corrected chi connectivity index (χ0v) is 10.3. The van der Waals surface area contributed by atoms with Crippen LogP contribution in [-0.4, -0.2) is 63.1 Å². The molecule has 0 aromatic heterocycles. The molecule has 1 N–H and O–H groups in total. The lowest BCUT2D eigenvalue weighted by atomic mass is 10.4. The standard InChI is InChI=1S/C8H13F3N4O2S/c9-8(10,11)7-13-18(16,17)15-5-3-14(2-1-12)4-6-15/h13H,2-7H2. The van der Waals surface area contributed by atoms with Gasteiger partial charge in [-0.3, -0.25) is 4.90 Å². The SMILES string of the molecule is N#CCN1CCN(S(=O)(=O)NCC(F)(F)F)CC1. The first kappa shape index (κ1) is 15.2. The molecule has 0 bridgehead atoms. The van der Waals surface area contributed by atoms with E-state index in [1.54, 1.807) is 4.90 Å². The molecule has 104 valence electrons. The highest BCUT2D eigenvalue weighted by Gasteiger charge is 2.33. The van der Waals surface area contributed by atoms with Gasteiger partial charge in [0, 0.05) is 26.2 Å². The summed E-state index contributed by atoms with van der Waals surface area (Å²) < 4.78 is 61.3. The average molecular weight is 286 g/mol. The third kappa shape index (κ3) is 4.77. The van der Waals surface area contributed by atoms with Crippen molar-refractivity contribution in [2.45, 2.75) is 6.18 Å². The van der Waals surface area contributed by atoms with Crippen molar-refractivity contribution in [3.63, 3.8) is 0 Å².